The van der Waals surface area contributed by atoms with Crippen molar-refractivity contribution in [1.29, 1.82) is 0 Å². The van der Waals surface area contributed by atoms with Crippen LogP contribution in [0, 0.1) is 0 Å². The molecule has 1 aliphatic heterocycles. The van der Waals surface area contributed by atoms with Gasteiger partial charge >= 0.3 is 0 Å². The Hall–Kier alpha value is -0.380. The van der Waals surface area contributed by atoms with Crippen LogP contribution in [-0.4, -0.2) is 54.4 Å². The largest absolute Gasteiger partial charge is 0.395 e. The van der Waals surface area contributed by atoms with E-state index in [2.05, 4.69) is 28.9 Å². The van der Waals surface area contributed by atoms with Gasteiger partial charge in [-0.1, -0.05) is 70.4 Å². The molecule has 1 saturated heterocycles. The molecule has 3 nitrogen and oxygen atoms in total. The summed E-state index contributed by atoms with van der Waals surface area (Å²) in [4.78, 5) is 4.87. The summed E-state index contributed by atoms with van der Waals surface area (Å²) >= 11 is 0. The Morgan fingerprint density at radius 2 is 1.20 bits per heavy atom. The Balaban J connectivity index is 1.76. The summed E-state index contributed by atoms with van der Waals surface area (Å²) in [6, 6.07) is 0. The van der Waals surface area contributed by atoms with Gasteiger partial charge in [0.05, 0.1) is 13.3 Å². The first-order valence-corrected chi connectivity index (χ1v) is 11.1. The van der Waals surface area contributed by atoms with E-state index in [1.54, 1.807) is 0 Å². The van der Waals surface area contributed by atoms with Gasteiger partial charge in [-0.05, 0) is 38.6 Å². The molecule has 0 aromatic carbocycles. The van der Waals surface area contributed by atoms with Crippen LogP contribution in [0.4, 0.5) is 0 Å². The monoisotopic (exact) mass is 352 g/mol. The first-order valence-electron chi connectivity index (χ1n) is 11.1. The predicted octanol–water partition coefficient (Wildman–Crippen LogP) is 5.20. The SMILES string of the molecule is CCCCCCCC/C=C\CCCCCCCN1CCN(CCO)C1. The molecule has 1 N–H and O–H groups in total. The first-order chi connectivity index (χ1) is 12.4. The molecule has 0 atom stereocenters. The Labute approximate surface area is 157 Å². The highest BCUT2D eigenvalue weighted by molar-refractivity contribution is 4.81. The van der Waals surface area contributed by atoms with Crippen molar-refractivity contribution in [2.24, 2.45) is 0 Å². The van der Waals surface area contributed by atoms with Crippen LogP contribution in [0.15, 0.2) is 12.2 Å². The van der Waals surface area contributed by atoms with E-state index in [-0.39, 0.29) is 0 Å². The lowest BCUT2D eigenvalue weighted by atomic mass is 10.1. The quantitative estimate of drug-likeness (QED) is 0.288. The average Bonchev–Trinajstić information content (AvgIpc) is 3.06. The minimum absolute atomic E-state index is 0.293. The minimum atomic E-state index is 0.293. The number of aliphatic hydroxyl groups excluding tert-OH is 1. The van der Waals surface area contributed by atoms with Crippen LogP contribution in [0.2, 0.25) is 0 Å². The molecule has 0 aromatic heterocycles. The van der Waals surface area contributed by atoms with Crippen molar-refractivity contribution >= 4 is 0 Å². The lowest BCUT2D eigenvalue weighted by Gasteiger charge is -2.16. The average molecular weight is 353 g/mol. The fourth-order valence-electron chi connectivity index (χ4n) is 3.62. The van der Waals surface area contributed by atoms with Crippen LogP contribution in [0.25, 0.3) is 0 Å². The Bertz CT molecular complexity index is 306. The molecule has 0 bridgehead atoms. The molecule has 3 heteroatoms. The standard InChI is InChI=1S/C22H44N2O/c1-2-3-4-5-6-7-8-9-10-11-12-13-14-15-16-17-23-18-19-24(22-23)20-21-25/h9-10,25H,2-8,11-22H2,1H3/b10-9-. The van der Waals surface area contributed by atoms with Crippen molar-refractivity contribution in [2.45, 2.75) is 90.4 Å². The number of hydrogen-bond donors (Lipinski definition) is 1. The highest BCUT2D eigenvalue weighted by Crippen LogP contribution is 2.11. The number of allylic oxidation sites excluding steroid dienone is 2. The van der Waals surface area contributed by atoms with Crippen LogP contribution in [0.1, 0.15) is 90.4 Å². The maximum absolute atomic E-state index is 8.96. The number of hydrogen-bond acceptors (Lipinski definition) is 3. The smallest absolute Gasteiger partial charge is 0.0558 e. The maximum atomic E-state index is 8.96. The van der Waals surface area contributed by atoms with Crippen molar-refractivity contribution in [3.8, 4) is 0 Å². The zero-order chi connectivity index (χ0) is 18.0. The van der Waals surface area contributed by atoms with E-state index in [1.165, 1.54) is 96.6 Å². The second kappa shape index (κ2) is 17.1. The van der Waals surface area contributed by atoms with Gasteiger partial charge in [0, 0.05) is 19.6 Å². The third-order valence-electron chi connectivity index (χ3n) is 5.28. The lowest BCUT2D eigenvalue weighted by Crippen LogP contribution is -2.28. The van der Waals surface area contributed by atoms with Gasteiger partial charge < -0.3 is 5.11 Å². The van der Waals surface area contributed by atoms with Crippen molar-refractivity contribution in [3.63, 3.8) is 0 Å². The normalized spacial score (nSPS) is 16.4. The van der Waals surface area contributed by atoms with Gasteiger partial charge in [0.25, 0.3) is 0 Å². The summed E-state index contributed by atoms with van der Waals surface area (Å²) in [5, 5.41) is 8.96. The molecule has 0 unspecified atom stereocenters. The third-order valence-corrected chi connectivity index (χ3v) is 5.28. The number of nitrogens with zero attached hydrogens (tertiary/aromatic N) is 2. The molecule has 1 rings (SSSR count). The predicted molar refractivity (Wildman–Crippen MR) is 110 cm³/mol. The summed E-state index contributed by atoms with van der Waals surface area (Å²) in [5.74, 6) is 0. The summed E-state index contributed by atoms with van der Waals surface area (Å²) in [7, 11) is 0. The fraction of sp³-hybridized carbons (Fsp3) is 0.909. The highest BCUT2D eigenvalue weighted by Gasteiger charge is 2.17. The number of rotatable bonds is 17. The number of aliphatic hydroxyl groups is 1. The third kappa shape index (κ3) is 13.5. The second-order valence-electron chi connectivity index (χ2n) is 7.69. The van der Waals surface area contributed by atoms with E-state index in [0.717, 1.165) is 19.8 Å². The van der Waals surface area contributed by atoms with Gasteiger partial charge in [-0.3, -0.25) is 9.80 Å². The number of β-amino-alcohol motifs (C(OH)–C–C–N with tert-alkyl or cyclic N) is 1. The van der Waals surface area contributed by atoms with Gasteiger partial charge in [-0.25, -0.2) is 0 Å². The molecule has 1 heterocycles. The summed E-state index contributed by atoms with van der Waals surface area (Å²) in [6.07, 6.45) is 22.6. The zero-order valence-electron chi connectivity index (χ0n) is 16.9. The van der Waals surface area contributed by atoms with E-state index >= 15 is 0 Å². The second-order valence-corrected chi connectivity index (χ2v) is 7.69. The summed E-state index contributed by atoms with van der Waals surface area (Å²) in [5.41, 5.74) is 0. The van der Waals surface area contributed by atoms with Crippen molar-refractivity contribution in [2.75, 3.05) is 39.5 Å². The summed E-state index contributed by atoms with van der Waals surface area (Å²) in [6.45, 7) is 8.02. The Kier molecular flexibility index (Phi) is 15.5. The molecule has 0 saturated carbocycles. The van der Waals surface area contributed by atoms with E-state index in [0.29, 0.717) is 6.61 Å². The van der Waals surface area contributed by atoms with Gasteiger partial charge in [0.2, 0.25) is 0 Å². The van der Waals surface area contributed by atoms with Crippen LogP contribution in [-0.2, 0) is 0 Å². The van der Waals surface area contributed by atoms with E-state index in [9.17, 15) is 0 Å². The highest BCUT2D eigenvalue weighted by atomic mass is 16.3. The zero-order valence-corrected chi connectivity index (χ0v) is 16.9. The molecule has 0 amide bonds. The van der Waals surface area contributed by atoms with Crippen LogP contribution < -0.4 is 0 Å². The van der Waals surface area contributed by atoms with Gasteiger partial charge in [-0.15, -0.1) is 0 Å². The molecule has 148 valence electrons. The maximum Gasteiger partial charge on any atom is 0.0558 e. The molecular formula is C22H44N2O. The van der Waals surface area contributed by atoms with Crippen molar-refractivity contribution in [1.82, 2.24) is 9.80 Å². The van der Waals surface area contributed by atoms with E-state index in [4.69, 9.17) is 5.11 Å². The van der Waals surface area contributed by atoms with Gasteiger partial charge in [0.1, 0.15) is 0 Å². The van der Waals surface area contributed by atoms with Crippen LogP contribution in [0.5, 0.6) is 0 Å². The number of unbranched alkanes of at least 4 members (excludes halogenated alkanes) is 11. The summed E-state index contributed by atoms with van der Waals surface area (Å²) < 4.78 is 0. The van der Waals surface area contributed by atoms with Crippen molar-refractivity contribution < 1.29 is 5.11 Å². The first kappa shape index (κ1) is 22.7. The van der Waals surface area contributed by atoms with Crippen molar-refractivity contribution in [3.05, 3.63) is 12.2 Å². The lowest BCUT2D eigenvalue weighted by molar-refractivity contribution is 0.191. The Morgan fingerprint density at radius 3 is 1.80 bits per heavy atom. The van der Waals surface area contributed by atoms with E-state index < -0.39 is 0 Å². The fourth-order valence-corrected chi connectivity index (χ4v) is 3.62. The van der Waals surface area contributed by atoms with E-state index in [1.807, 2.05) is 0 Å². The topological polar surface area (TPSA) is 26.7 Å². The van der Waals surface area contributed by atoms with Gasteiger partial charge in [0.15, 0.2) is 0 Å². The molecular weight excluding hydrogens is 308 g/mol. The molecule has 0 aromatic rings. The molecule has 1 aliphatic rings. The molecule has 0 spiro atoms. The van der Waals surface area contributed by atoms with Crippen LogP contribution >= 0.6 is 0 Å². The minimum Gasteiger partial charge on any atom is -0.395 e. The molecule has 25 heavy (non-hydrogen) atoms. The Morgan fingerprint density at radius 1 is 0.680 bits per heavy atom. The van der Waals surface area contributed by atoms with Gasteiger partial charge in [-0.2, -0.15) is 0 Å². The van der Waals surface area contributed by atoms with Crippen LogP contribution in [0.3, 0.4) is 0 Å². The molecule has 0 aliphatic carbocycles. The molecule has 0 radical (unpaired) electrons. The molecule has 1 fully saturated rings.